The van der Waals surface area contributed by atoms with Crippen LogP contribution in [0, 0.1) is 0 Å². The van der Waals surface area contributed by atoms with Gasteiger partial charge in [-0.2, -0.15) is 0 Å². The molecule has 8 aromatic carbocycles. The van der Waals surface area contributed by atoms with Crippen LogP contribution in [0.1, 0.15) is 25.0 Å². The molecule has 0 nitrogen and oxygen atoms in total. The van der Waals surface area contributed by atoms with Crippen molar-refractivity contribution in [1.82, 2.24) is 0 Å². The highest BCUT2D eigenvalue weighted by Crippen LogP contribution is 2.53. The van der Waals surface area contributed by atoms with Crippen LogP contribution in [0.15, 0.2) is 158 Å². The van der Waals surface area contributed by atoms with E-state index in [2.05, 4.69) is 172 Å². The molecule has 8 aromatic rings. The quantitative estimate of drug-likeness (QED) is 0.185. The van der Waals surface area contributed by atoms with Gasteiger partial charge in [0.1, 0.15) is 0 Å². The summed E-state index contributed by atoms with van der Waals surface area (Å²) in [6, 6.07) is 58.3. The molecule has 0 N–H and O–H groups in total. The smallest absolute Gasteiger partial charge is 0.0165 e. The van der Waals surface area contributed by atoms with Crippen LogP contribution in [-0.2, 0) is 5.41 Å². The minimum absolute atomic E-state index is 0.0676. The molecular formula is C45H32. The molecule has 0 fully saturated rings. The van der Waals surface area contributed by atoms with E-state index in [-0.39, 0.29) is 5.41 Å². The molecule has 0 aromatic heterocycles. The van der Waals surface area contributed by atoms with Gasteiger partial charge < -0.3 is 0 Å². The molecule has 0 aliphatic heterocycles. The zero-order valence-electron chi connectivity index (χ0n) is 25.5. The minimum atomic E-state index is -0.0676. The van der Waals surface area contributed by atoms with Crippen LogP contribution in [0.25, 0.3) is 76.8 Å². The highest BCUT2D eigenvalue weighted by atomic mass is 14.4. The largest absolute Gasteiger partial charge is 0.0622 e. The maximum atomic E-state index is 2.46. The van der Waals surface area contributed by atoms with E-state index in [1.54, 1.807) is 0 Å². The number of fused-ring (bicyclic) bond motifs is 7. The van der Waals surface area contributed by atoms with E-state index in [1.807, 2.05) is 0 Å². The lowest BCUT2D eigenvalue weighted by molar-refractivity contribution is 0.666. The van der Waals surface area contributed by atoms with E-state index in [4.69, 9.17) is 0 Å². The van der Waals surface area contributed by atoms with Gasteiger partial charge in [0.05, 0.1) is 0 Å². The lowest BCUT2D eigenvalue weighted by atomic mass is 9.80. The van der Waals surface area contributed by atoms with Crippen molar-refractivity contribution in [2.75, 3.05) is 0 Å². The SMILES string of the molecule is CC1(C)c2ccc(-c3c4ccccc4c(-c4cccc(-c5ccccc5)c4)c4ccccc34)cc2-c2ccc3ccccc3c21. The normalized spacial score (nSPS) is 13.3. The Hall–Kier alpha value is -5.46. The Labute approximate surface area is 264 Å². The van der Waals surface area contributed by atoms with E-state index in [1.165, 1.54) is 88.0 Å². The van der Waals surface area contributed by atoms with E-state index in [9.17, 15) is 0 Å². The molecule has 1 aliphatic carbocycles. The van der Waals surface area contributed by atoms with Gasteiger partial charge in [0.15, 0.2) is 0 Å². The van der Waals surface area contributed by atoms with Crippen LogP contribution in [0.3, 0.4) is 0 Å². The molecule has 0 saturated carbocycles. The van der Waals surface area contributed by atoms with Crippen molar-refractivity contribution in [2.24, 2.45) is 0 Å². The predicted molar refractivity (Wildman–Crippen MR) is 193 cm³/mol. The molecule has 0 atom stereocenters. The molecule has 1 aliphatic rings. The Bertz CT molecular complexity index is 2390. The fraction of sp³-hybridized carbons (Fsp3) is 0.0667. The summed E-state index contributed by atoms with van der Waals surface area (Å²) in [7, 11) is 0. The van der Waals surface area contributed by atoms with Gasteiger partial charge in [0.25, 0.3) is 0 Å². The monoisotopic (exact) mass is 572 g/mol. The third-order valence-electron chi connectivity index (χ3n) is 10.0. The van der Waals surface area contributed by atoms with Crippen molar-refractivity contribution in [2.45, 2.75) is 19.3 Å². The molecule has 0 heteroatoms. The van der Waals surface area contributed by atoms with Gasteiger partial charge in [-0.3, -0.25) is 0 Å². The van der Waals surface area contributed by atoms with E-state index in [0.717, 1.165) is 0 Å². The van der Waals surface area contributed by atoms with Crippen molar-refractivity contribution in [1.29, 1.82) is 0 Å². The second kappa shape index (κ2) is 9.78. The Morgan fingerprint density at radius 2 is 0.889 bits per heavy atom. The molecule has 0 unspecified atom stereocenters. The topological polar surface area (TPSA) is 0 Å². The molecule has 0 saturated heterocycles. The second-order valence-electron chi connectivity index (χ2n) is 12.9. The summed E-state index contributed by atoms with van der Waals surface area (Å²) in [6.45, 7) is 4.76. The summed E-state index contributed by atoms with van der Waals surface area (Å²) in [4.78, 5) is 0. The third-order valence-corrected chi connectivity index (χ3v) is 10.0. The Morgan fingerprint density at radius 3 is 1.56 bits per heavy atom. The third kappa shape index (κ3) is 3.85. The van der Waals surface area contributed by atoms with Crippen molar-refractivity contribution in [3.8, 4) is 44.5 Å². The summed E-state index contributed by atoms with van der Waals surface area (Å²) >= 11 is 0. The van der Waals surface area contributed by atoms with Crippen LogP contribution in [-0.4, -0.2) is 0 Å². The molecule has 0 bridgehead atoms. The predicted octanol–water partition coefficient (Wildman–Crippen LogP) is 12.5. The zero-order valence-corrected chi connectivity index (χ0v) is 25.5. The number of hydrogen-bond donors (Lipinski definition) is 0. The lowest BCUT2D eigenvalue weighted by Crippen LogP contribution is -2.15. The van der Waals surface area contributed by atoms with Gasteiger partial charge in [0.2, 0.25) is 0 Å². The van der Waals surface area contributed by atoms with Gasteiger partial charge in [0, 0.05) is 5.41 Å². The van der Waals surface area contributed by atoms with Crippen LogP contribution in [0.4, 0.5) is 0 Å². The number of hydrogen-bond acceptors (Lipinski definition) is 0. The highest BCUT2D eigenvalue weighted by molar-refractivity contribution is 6.21. The summed E-state index contributed by atoms with van der Waals surface area (Å²) < 4.78 is 0. The lowest BCUT2D eigenvalue weighted by Gasteiger charge is -2.23. The number of benzene rings is 8. The molecule has 45 heavy (non-hydrogen) atoms. The van der Waals surface area contributed by atoms with Crippen molar-refractivity contribution in [3.05, 3.63) is 169 Å². The second-order valence-corrected chi connectivity index (χ2v) is 12.9. The fourth-order valence-corrected chi connectivity index (χ4v) is 8.01. The van der Waals surface area contributed by atoms with Crippen LogP contribution >= 0.6 is 0 Å². The van der Waals surface area contributed by atoms with E-state index < -0.39 is 0 Å². The van der Waals surface area contributed by atoms with Gasteiger partial charge in [-0.25, -0.2) is 0 Å². The molecule has 9 rings (SSSR count). The molecule has 0 amide bonds. The van der Waals surface area contributed by atoms with E-state index in [0.29, 0.717) is 0 Å². The first-order valence-corrected chi connectivity index (χ1v) is 15.9. The summed E-state index contributed by atoms with van der Waals surface area (Å²) in [5, 5.41) is 7.80. The molecular weight excluding hydrogens is 540 g/mol. The fourth-order valence-electron chi connectivity index (χ4n) is 8.01. The summed E-state index contributed by atoms with van der Waals surface area (Å²) in [6.07, 6.45) is 0. The Kier molecular flexibility index (Phi) is 5.64. The van der Waals surface area contributed by atoms with Crippen LogP contribution in [0.5, 0.6) is 0 Å². The first kappa shape index (κ1) is 26.0. The first-order valence-electron chi connectivity index (χ1n) is 15.9. The zero-order chi connectivity index (χ0) is 30.1. The maximum Gasteiger partial charge on any atom is 0.0165 e. The summed E-state index contributed by atoms with van der Waals surface area (Å²) in [5.74, 6) is 0. The van der Waals surface area contributed by atoms with Gasteiger partial charge in [-0.1, -0.05) is 159 Å². The molecule has 0 spiro atoms. The van der Waals surface area contributed by atoms with Crippen LogP contribution in [0.2, 0.25) is 0 Å². The molecule has 212 valence electrons. The van der Waals surface area contributed by atoms with Crippen molar-refractivity contribution < 1.29 is 0 Å². The Balaban J connectivity index is 1.31. The Morgan fingerprint density at radius 1 is 0.356 bits per heavy atom. The van der Waals surface area contributed by atoms with Gasteiger partial charge in [-0.05, 0) is 100 Å². The standard InChI is InChI=1S/C45H32/c1-45(2)41-26-24-33(28-40(41)39-25-23-30-15-6-7-18-34(30)44(39)45)43-37-21-10-8-19-35(37)42(36-20-9-11-22-38(36)43)32-17-12-16-31(27-32)29-13-4-3-5-14-29/h3-28H,1-2H3. The minimum Gasteiger partial charge on any atom is -0.0622 e. The molecule has 0 heterocycles. The van der Waals surface area contributed by atoms with Crippen LogP contribution < -0.4 is 0 Å². The average molecular weight is 573 g/mol. The van der Waals surface area contributed by atoms with Gasteiger partial charge >= 0.3 is 0 Å². The maximum absolute atomic E-state index is 2.46. The first-order chi connectivity index (χ1) is 22.1. The van der Waals surface area contributed by atoms with Gasteiger partial charge in [-0.15, -0.1) is 0 Å². The van der Waals surface area contributed by atoms with Crippen molar-refractivity contribution >= 4 is 32.3 Å². The molecule has 0 radical (unpaired) electrons. The summed E-state index contributed by atoms with van der Waals surface area (Å²) in [5.41, 5.74) is 13.1. The average Bonchev–Trinajstić information content (AvgIpc) is 3.33. The number of rotatable bonds is 3. The van der Waals surface area contributed by atoms with E-state index >= 15 is 0 Å². The highest BCUT2D eigenvalue weighted by Gasteiger charge is 2.37. The van der Waals surface area contributed by atoms with Crippen molar-refractivity contribution in [3.63, 3.8) is 0 Å².